The van der Waals surface area contributed by atoms with Crippen LogP contribution in [-0.2, 0) is 0 Å². The maximum atomic E-state index is 5.55. The number of aromatic nitrogens is 1. The van der Waals surface area contributed by atoms with E-state index < -0.39 is 0 Å². The lowest BCUT2D eigenvalue weighted by molar-refractivity contribution is 0.648. The van der Waals surface area contributed by atoms with Crippen molar-refractivity contribution in [1.82, 2.24) is 4.98 Å². The molecule has 4 heteroatoms. The Labute approximate surface area is 106 Å². The van der Waals surface area contributed by atoms with Gasteiger partial charge in [-0.05, 0) is 61.3 Å². The van der Waals surface area contributed by atoms with Gasteiger partial charge in [-0.3, -0.25) is 0 Å². The van der Waals surface area contributed by atoms with Crippen molar-refractivity contribution in [3.63, 3.8) is 0 Å². The molecule has 0 unspecified atom stereocenters. The number of nitrogens with two attached hydrogens (primary N) is 1. The van der Waals surface area contributed by atoms with Crippen LogP contribution in [0.2, 0.25) is 0 Å². The minimum atomic E-state index is 0.444. The molecule has 0 aliphatic rings. The first-order valence-electron chi connectivity index (χ1n) is 5.65. The largest absolute Gasteiger partial charge is 0.354 e. The predicted octanol–water partition coefficient (Wildman–Crippen LogP) is 2.72. The van der Waals surface area contributed by atoms with Crippen molar-refractivity contribution in [2.75, 3.05) is 18.0 Å². The summed E-state index contributed by atoms with van der Waals surface area (Å²) >= 11 is 3.47. The van der Waals surface area contributed by atoms with Gasteiger partial charge in [-0.15, -0.1) is 0 Å². The maximum absolute atomic E-state index is 5.55. The van der Waals surface area contributed by atoms with E-state index in [9.17, 15) is 0 Å². The van der Waals surface area contributed by atoms with Gasteiger partial charge in [0, 0.05) is 23.3 Å². The first kappa shape index (κ1) is 13.5. The Morgan fingerprint density at radius 3 is 2.69 bits per heavy atom. The van der Waals surface area contributed by atoms with E-state index in [0.29, 0.717) is 6.04 Å². The number of pyridine rings is 1. The SMILES string of the molecule is Cc1cc(N(CCCN)C(C)C)ncc1Br. The Morgan fingerprint density at radius 1 is 1.50 bits per heavy atom. The molecule has 1 heterocycles. The summed E-state index contributed by atoms with van der Waals surface area (Å²) in [7, 11) is 0. The zero-order valence-corrected chi connectivity index (χ0v) is 11.8. The first-order chi connectivity index (χ1) is 7.56. The van der Waals surface area contributed by atoms with Crippen molar-refractivity contribution >= 4 is 21.7 Å². The molecule has 0 amide bonds. The molecule has 0 saturated heterocycles. The summed E-state index contributed by atoms with van der Waals surface area (Å²) in [6, 6.07) is 2.56. The number of halogens is 1. The lowest BCUT2D eigenvalue weighted by Gasteiger charge is -2.28. The number of anilines is 1. The molecule has 90 valence electrons. The molecule has 0 radical (unpaired) electrons. The molecule has 0 aliphatic carbocycles. The van der Waals surface area contributed by atoms with Crippen LogP contribution < -0.4 is 10.6 Å². The van der Waals surface area contributed by atoms with Crippen LogP contribution in [0.15, 0.2) is 16.7 Å². The van der Waals surface area contributed by atoms with E-state index >= 15 is 0 Å². The number of nitrogens with zero attached hydrogens (tertiary/aromatic N) is 2. The van der Waals surface area contributed by atoms with Gasteiger partial charge in [0.05, 0.1) is 0 Å². The summed E-state index contributed by atoms with van der Waals surface area (Å²) in [5.74, 6) is 1.03. The normalized spacial score (nSPS) is 10.9. The summed E-state index contributed by atoms with van der Waals surface area (Å²) < 4.78 is 1.05. The molecule has 0 aliphatic heterocycles. The molecular weight excluding hydrogens is 266 g/mol. The summed E-state index contributed by atoms with van der Waals surface area (Å²) in [6.45, 7) is 8.11. The molecule has 0 bridgehead atoms. The van der Waals surface area contributed by atoms with E-state index in [-0.39, 0.29) is 0 Å². The zero-order chi connectivity index (χ0) is 12.1. The Kier molecular flexibility index (Phi) is 5.22. The summed E-state index contributed by atoms with van der Waals surface area (Å²) in [5, 5.41) is 0. The number of rotatable bonds is 5. The third-order valence-corrected chi connectivity index (χ3v) is 3.38. The second-order valence-electron chi connectivity index (χ2n) is 4.22. The van der Waals surface area contributed by atoms with E-state index in [2.05, 4.69) is 52.7 Å². The molecule has 0 aromatic carbocycles. The van der Waals surface area contributed by atoms with Crippen molar-refractivity contribution < 1.29 is 0 Å². The molecule has 1 aromatic rings. The number of aryl methyl sites for hydroxylation is 1. The minimum Gasteiger partial charge on any atom is -0.354 e. The third-order valence-electron chi connectivity index (χ3n) is 2.55. The highest BCUT2D eigenvalue weighted by Crippen LogP contribution is 2.21. The average Bonchev–Trinajstić information content (AvgIpc) is 2.23. The molecule has 1 rings (SSSR count). The van der Waals surface area contributed by atoms with Crippen LogP contribution >= 0.6 is 15.9 Å². The molecule has 1 aromatic heterocycles. The van der Waals surface area contributed by atoms with Gasteiger partial charge in [-0.2, -0.15) is 0 Å². The van der Waals surface area contributed by atoms with Gasteiger partial charge in [0.25, 0.3) is 0 Å². The van der Waals surface area contributed by atoms with Crippen LogP contribution in [0.4, 0.5) is 5.82 Å². The van der Waals surface area contributed by atoms with E-state index in [1.807, 2.05) is 6.20 Å². The fourth-order valence-electron chi connectivity index (χ4n) is 1.58. The molecule has 3 nitrogen and oxygen atoms in total. The highest BCUT2D eigenvalue weighted by molar-refractivity contribution is 9.10. The number of hydrogen-bond acceptors (Lipinski definition) is 3. The highest BCUT2D eigenvalue weighted by atomic mass is 79.9. The molecular formula is C12H20BrN3. The van der Waals surface area contributed by atoms with Crippen molar-refractivity contribution in [1.29, 1.82) is 0 Å². The van der Waals surface area contributed by atoms with Crippen molar-refractivity contribution in [2.24, 2.45) is 5.73 Å². The smallest absolute Gasteiger partial charge is 0.129 e. The number of hydrogen-bond donors (Lipinski definition) is 1. The van der Waals surface area contributed by atoms with Crippen LogP contribution in [0, 0.1) is 6.92 Å². The second-order valence-corrected chi connectivity index (χ2v) is 5.08. The van der Waals surface area contributed by atoms with Crippen LogP contribution in [-0.4, -0.2) is 24.1 Å². The van der Waals surface area contributed by atoms with Gasteiger partial charge in [-0.25, -0.2) is 4.98 Å². The summed E-state index contributed by atoms with van der Waals surface area (Å²) in [6.07, 6.45) is 2.86. The minimum absolute atomic E-state index is 0.444. The monoisotopic (exact) mass is 285 g/mol. The van der Waals surface area contributed by atoms with E-state index in [1.165, 1.54) is 5.56 Å². The zero-order valence-electron chi connectivity index (χ0n) is 10.2. The van der Waals surface area contributed by atoms with Crippen LogP contribution in [0.5, 0.6) is 0 Å². The van der Waals surface area contributed by atoms with E-state index in [1.54, 1.807) is 0 Å². The van der Waals surface area contributed by atoms with Crippen molar-refractivity contribution in [3.05, 3.63) is 22.3 Å². The van der Waals surface area contributed by atoms with Gasteiger partial charge in [0.1, 0.15) is 5.82 Å². The van der Waals surface area contributed by atoms with Gasteiger partial charge >= 0.3 is 0 Å². The standard InChI is InChI=1S/C12H20BrN3/c1-9(2)16(6-4-5-14)12-7-10(3)11(13)8-15-12/h7-9H,4-6,14H2,1-3H3. The topological polar surface area (TPSA) is 42.1 Å². The Bertz CT molecular complexity index is 339. The summed E-state index contributed by atoms with van der Waals surface area (Å²) in [5.41, 5.74) is 6.77. The average molecular weight is 286 g/mol. The Morgan fingerprint density at radius 2 is 2.19 bits per heavy atom. The fourth-order valence-corrected chi connectivity index (χ4v) is 1.80. The molecule has 0 atom stereocenters. The van der Waals surface area contributed by atoms with Crippen molar-refractivity contribution in [3.8, 4) is 0 Å². The molecule has 16 heavy (non-hydrogen) atoms. The fraction of sp³-hybridized carbons (Fsp3) is 0.583. The van der Waals surface area contributed by atoms with Gasteiger partial charge in [0.15, 0.2) is 0 Å². The predicted molar refractivity (Wildman–Crippen MR) is 72.8 cm³/mol. The van der Waals surface area contributed by atoms with Gasteiger partial charge < -0.3 is 10.6 Å². The Balaban J connectivity index is 2.88. The van der Waals surface area contributed by atoms with Crippen LogP contribution in [0.1, 0.15) is 25.8 Å². The maximum Gasteiger partial charge on any atom is 0.129 e. The van der Waals surface area contributed by atoms with E-state index in [0.717, 1.165) is 29.8 Å². The van der Waals surface area contributed by atoms with Crippen LogP contribution in [0.3, 0.4) is 0 Å². The molecule has 0 fully saturated rings. The first-order valence-corrected chi connectivity index (χ1v) is 6.44. The molecule has 0 spiro atoms. The van der Waals surface area contributed by atoms with Crippen LogP contribution in [0.25, 0.3) is 0 Å². The second kappa shape index (κ2) is 6.21. The van der Waals surface area contributed by atoms with E-state index in [4.69, 9.17) is 5.73 Å². The lowest BCUT2D eigenvalue weighted by atomic mass is 10.2. The highest BCUT2D eigenvalue weighted by Gasteiger charge is 2.11. The Hall–Kier alpha value is -0.610. The summed E-state index contributed by atoms with van der Waals surface area (Å²) in [4.78, 5) is 6.74. The molecule has 2 N–H and O–H groups in total. The third kappa shape index (κ3) is 3.46. The van der Waals surface area contributed by atoms with Gasteiger partial charge in [-0.1, -0.05) is 0 Å². The molecule has 0 saturated carbocycles. The van der Waals surface area contributed by atoms with Crippen molar-refractivity contribution in [2.45, 2.75) is 33.2 Å². The van der Waals surface area contributed by atoms with Gasteiger partial charge in [0.2, 0.25) is 0 Å². The quantitative estimate of drug-likeness (QED) is 0.905. The lowest BCUT2D eigenvalue weighted by Crippen LogP contribution is -2.33.